The molecule has 1 heterocycles. The number of carbonyl (C=O) groups is 1. The van der Waals surface area contributed by atoms with E-state index in [4.69, 9.17) is 0 Å². The van der Waals surface area contributed by atoms with Crippen molar-refractivity contribution in [2.45, 2.75) is 11.8 Å². The molecule has 1 aromatic carbocycles. The number of carbonyl (C=O) groups excluding carboxylic acids is 1. The smallest absolute Gasteiger partial charge is 0.251 e. The number of amides is 1. The van der Waals surface area contributed by atoms with Crippen LogP contribution in [0.15, 0.2) is 41.1 Å². The first-order valence-electron chi connectivity index (χ1n) is 7.49. The van der Waals surface area contributed by atoms with Crippen molar-refractivity contribution in [2.24, 2.45) is 0 Å². The van der Waals surface area contributed by atoms with E-state index < -0.39 is 9.84 Å². The summed E-state index contributed by atoms with van der Waals surface area (Å²) in [5.41, 5.74) is 2.25. The Kier molecular flexibility index (Phi) is 6.15. The van der Waals surface area contributed by atoms with Crippen LogP contribution >= 0.6 is 11.3 Å². The number of thiophene rings is 1. The van der Waals surface area contributed by atoms with Gasteiger partial charge >= 0.3 is 0 Å². The minimum Gasteiger partial charge on any atom is -0.350 e. The number of benzene rings is 1. The molecular weight excluding hydrogens is 344 g/mol. The van der Waals surface area contributed by atoms with Gasteiger partial charge in [-0.25, -0.2) is 8.42 Å². The summed E-state index contributed by atoms with van der Waals surface area (Å²) >= 11 is 1.63. The van der Waals surface area contributed by atoms with Crippen molar-refractivity contribution >= 4 is 27.1 Å². The third-order valence-electron chi connectivity index (χ3n) is 3.63. The molecule has 0 aliphatic heterocycles. The number of sulfone groups is 1. The fourth-order valence-electron chi connectivity index (χ4n) is 2.46. The second kappa shape index (κ2) is 7.92. The summed E-state index contributed by atoms with van der Waals surface area (Å²) in [6.07, 6.45) is 1.18. The highest BCUT2D eigenvalue weighted by Gasteiger charge is 2.16. The van der Waals surface area contributed by atoms with Crippen molar-refractivity contribution in [1.82, 2.24) is 10.2 Å². The van der Waals surface area contributed by atoms with Gasteiger partial charge in [-0.05, 0) is 54.2 Å². The summed E-state index contributed by atoms with van der Waals surface area (Å²) in [5, 5.41) is 7.02. The minimum atomic E-state index is -3.12. The van der Waals surface area contributed by atoms with Gasteiger partial charge in [-0.15, -0.1) is 0 Å². The molecule has 0 spiro atoms. The van der Waals surface area contributed by atoms with E-state index in [9.17, 15) is 13.2 Å². The average molecular weight is 367 g/mol. The summed E-state index contributed by atoms with van der Waals surface area (Å²) < 4.78 is 22.8. The molecule has 0 radical (unpaired) electrons. The molecule has 7 heteroatoms. The topological polar surface area (TPSA) is 66.5 Å². The number of nitrogens with one attached hydrogen (secondary N) is 1. The zero-order valence-electron chi connectivity index (χ0n) is 14.0. The number of rotatable bonds is 7. The van der Waals surface area contributed by atoms with Gasteiger partial charge in [0.15, 0.2) is 9.84 Å². The van der Waals surface area contributed by atoms with Crippen molar-refractivity contribution in [3.63, 3.8) is 0 Å². The normalized spacial score (nSPS) is 13.0. The lowest BCUT2D eigenvalue weighted by Gasteiger charge is -2.24. The lowest BCUT2D eigenvalue weighted by molar-refractivity contribution is 0.0942. The van der Waals surface area contributed by atoms with Crippen LogP contribution in [0.4, 0.5) is 0 Å². The van der Waals surface area contributed by atoms with Crippen LogP contribution in [0.25, 0.3) is 0 Å². The summed E-state index contributed by atoms with van der Waals surface area (Å²) in [6, 6.07) is 8.89. The standard InChI is InChI=1S/C17H22N2O3S2/c1-19(2)16(15-7-8-23-11-15)10-18-17(20)14-6-4-5-13(9-14)12-24(3,21)22/h4-9,11,16H,10,12H2,1-3H3,(H,18,20)/t16-/m0/s1. The van der Waals surface area contributed by atoms with Crippen molar-refractivity contribution in [3.8, 4) is 0 Å². The van der Waals surface area contributed by atoms with Gasteiger partial charge < -0.3 is 10.2 Å². The van der Waals surface area contributed by atoms with Gasteiger partial charge in [-0.2, -0.15) is 11.3 Å². The minimum absolute atomic E-state index is 0.0661. The maximum absolute atomic E-state index is 12.4. The predicted molar refractivity (Wildman–Crippen MR) is 98.1 cm³/mol. The van der Waals surface area contributed by atoms with Crippen LogP contribution < -0.4 is 5.32 Å². The van der Waals surface area contributed by atoms with E-state index in [-0.39, 0.29) is 17.7 Å². The molecule has 1 atom stereocenters. The van der Waals surface area contributed by atoms with Crippen LogP contribution in [0.3, 0.4) is 0 Å². The van der Waals surface area contributed by atoms with Crippen LogP contribution in [-0.4, -0.2) is 46.1 Å². The molecule has 0 bridgehead atoms. The van der Waals surface area contributed by atoms with E-state index in [1.54, 1.807) is 35.6 Å². The Morgan fingerprint density at radius 3 is 2.62 bits per heavy atom. The first-order valence-corrected chi connectivity index (χ1v) is 10.5. The molecule has 0 saturated heterocycles. The first-order chi connectivity index (χ1) is 11.3. The van der Waals surface area contributed by atoms with E-state index in [1.165, 1.54) is 6.26 Å². The maximum atomic E-state index is 12.4. The van der Waals surface area contributed by atoms with E-state index in [1.807, 2.05) is 25.5 Å². The molecule has 0 fully saturated rings. The Morgan fingerprint density at radius 2 is 2.04 bits per heavy atom. The van der Waals surface area contributed by atoms with Crippen LogP contribution in [-0.2, 0) is 15.6 Å². The number of nitrogens with zero attached hydrogens (tertiary/aromatic N) is 1. The monoisotopic (exact) mass is 366 g/mol. The first kappa shape index (κ1) is 18.6. The second-order valence-electron chi connectivity index (χ2n) is 6.02. The summed E-state index contributed by atoms with van der Waals surface area (Å²) in [6.45, 7) is 0.485. The fourth-order valence-corrected chi connectivity index (χ4v) is 3.95. The lowest BCUT2D eigenvalue weighted by Crippen LogP contribution is -2.34. The third-order valence-corrected chi connectivity index (χ3v) is 5.18. The van der Waals surface area contributed by atoms with Gasteiger partial charge in [0.05, 0.1) is 11.8 Å². The molecule has 1 amide bonds. The maximum Gasteiger partial charge on any atom is 0.251 e. The van der Waals surface area contributed by atoms with E-state index >= 15 is 0 Å². The molecule has 130 valence electrons. The SMILES string of the molecule is CN(C)[C@@H](CNC(=O)c1cccc(CS(C)(=O)=O)c1)c1ccsc1. The molecule has 1 N–H and O–H groups in total. The number of hydrogen-bond acceptors (Lipinski definition) is 5. The third kappa shape index (κ3) is 5.43. The molecule has 0 aliphatic carbocycles. The van der Waals surface area contributed by atoms with Crippen molar-refractivity contribution < 1.29 is 13.2 Å². The van der Waals surface area contributed by atoms with Gasteiger partial charge in [-0.3, -0.25) is 4.79 Å². The van der Waals surface area contributed by atoms with Crippen LogP contribution in [0.5, 0.6) is 0 Å². The molecule has 1 aromatic heterocycles. The summed E-state index contributed by atoms with van der Waals surface area (Å²) in [5.74, 6) is -0.268. The molecule has 2 aromatic rings. The summed E-state index contributed by atoms with van der Waals surface area (Å²) in [7, 11) is 0.823. The highest BCUT2D eigenvalue weighted by Crippen LogP contribution is 2.20. The second-order valence-corrected chi connectivity index (χ2v) is 8.94. The quantitative estimate of drug-likeness (QED) is 0.817. The Hall–Kier alpha value is -1.70. The number of hydrogen-bond donors (Lipinski definition) is 1. The Labute approximate surface area is 147 Å². The van der Waals surface area contributed by atoms with E-state index in [0.717, 1.165) is 5.56 Å². The zero-order chi connectivity index (χ0) is 17.7. The van der Waals surface area contributed by atoms with Crippen LogP contribution in [0.2, 0.25) is 0 Å². The molecular formula is C17H22N2O3S2. The van der Waals surface area contributed by atoms with Crippen molar-refractivity contribution in [3.05, 3.63) is 57.8 Å². The fraction of sp³-hybridized carbons (Fsp3) is 0.353. The predicted octanol–water partition coefficient (Wildman–Crippen LogP) is 2.33. The Morgan fingerprint density at radius 1 is 1.29 bits per heavy atom. The number of likely N-dealkylation sites (N-methyl/N-ethyl adjacent to an activating group) is 1. The molecule has 0 saturated carbocycles. The zero-order valence-corrected chi connectivity index (χ0v) is 15.7. The van der Waals surface area contributed by atoms with Gasteiger partial charge in [0.2, 0.25) is 0 Å². The molecule has 0 aliphatic rings. The highest BCUT2D eigenvalue weighted by atomic mass is 32.2. The molecule has 0 unspecified atom stereocenters. The average Bonchev–Trinajstić information content (AvgIpc) is 2.99. The van der Waals surface area contributed by atoms with Gasteiger partial charge in [0, 0.05) is 18.4 Å². The summed E-state index contributed by atoms with van der Waals surface area (Å²) in [4.78, 5) is 14.4. The largest absolute Gasteiger partial charge is 0.350 e. The van der Waals surface area contributed by atoms with Gasteiger partial charge in [-0.1, -0.05) is 12.1 Å². The van der Waals surface area contributed by atoms with Crippen molar-refractivity contribution in [1.29, 1.82) is 0 Å². The van der Waals surface area contributed by atoms with E-state index in [0.29, 0.717) is 17.7 Å². The van der Waals surface area contributed by atoms with Crippen LogP contribution in [0.1, 0.15) is 27.5 Å². The highest BCUT2D eigenvalue weighted by molar-refractivity contribution is 7.89. The van der Waals surface area contributed by atoms with Gasteiger partial charge in [0.25, 0.3) is 5.91 Å². The van der Waals surface area contributed by atoms with Gasteiger partial charge in [0.1, 0.15) is 0 Å². The molecule has 5 nitrogen and oxygen atoms in total. The van der Waals surface area contributed by atoms with E-state index in [2.05, 4.69) is 15.6 Å². The Balaban J connectivity index is 2.05. The van der Waals surface area contributed by atoms with Crippen LogP contribution in [0, 0.1) is 0 Å². The molecule has 24 heavy (non-hydrogen) atoms. The Bertz CT molecular complexity index is 784. The molecule has 2 rings (SSSR count). The lowest BCUT2D eigenvalue weighted by atomic mass is 10.1. The van der Waals surface area contributed by atoms with Crippen molar-refractivity contribution in [2.75, 3.05) is 26.9 Å².